The van der Waals surface area contributed by atoms with Crippen molar-refractivity contribution in [2.75, 3.05) is 20.1 Å². The van der Waals surface area contributed by atoms with Crippen LogP contribution >= 0.6 is 0 Å². The van der Waals surface area contributed by atoms with Crippen molar-refractivity contribution < 1.29 is 19.5 Å². The van der Waals surface area contributed by atoms with E-state index in [9.17, 15) is 19.5 Å². The number of urea groups is 1. The van der Waals surface area contributed by atoms with E-state index in [-0.39, 0.29) is 5.91 Å². The van der Waals surface area contributed by atoms with Crippen LogP contribution in [0.5, 0.6) is 0 Å². The second-order valence-electron chi connectivity index (χ2n) is 7.02. The zero-order chi connectivity index (χ0) is 16.6. The molecule has 2 N–H and O–H groups in total. The summed E-state index contributed by atoms with van der Waals surface area (Å²) in [5.74, 6) is -1.25. The Morgan fingerprint density at radius 3 is 2.24 bits per heavy atom. The molecule has 1 aliphatic heterocycles. The number of amides is 3. The van der Waals surface area contributed by atoms with E-state index < -0.39 is 29.0 Å². The summed E-state index contributed by atoms with van der Waals surface area (Å²) >= 11 is 0. The summed E-state index contributed by atoms with van der Waals surface area (Å²) in [4.78, 5) is 38.9. The minimum absolute atomic E-state index is 0.161. The second-order valence-corrected chi connectivity index (χ2v) is 7.02. The summed E-state index contributed by atoms with van der Waals surface area (Å²) in [6.07, 6.45) is 0. The van der Waals surface area contributed by atoms with Crippen molar-refractivity contribution in [2.45, 2.75) is 46.2 Å². The Bertz CT molecular complexity index is 454. The molecule has 21 heavy (non-hydrogen) atoms. The Balaban J connectivity index is 2.93. The van der Waals surface area contributed by atoms with Crippen LogP contribution in [0.3, 0.4) is 0 Å². The lowest BCUT2D eigenvalue weighted by molar-refractivity contribution is -0.144. The molecule has 3 amide bonds. The largest absolute Gasteiger partial charge is 0.480 e. The molecule has 0 aromatic rings. The maximum atomic E-state index is 12.4. The predicted octanol–water partition coefficient (Wildman–Crippen LogP) is 0.748. The highest BCUT2D eigenvalue weighted by Crippen LogP contribution is 2.24. The Morgan fingerprint density at radius 2 is 1.81 bits per heavy atom. The quantitative estimate of drug-likeness (QED) is 0.787. The van der Waals surface area contributed by atoms with Gasteiger partial charge in [-0.15, -0.1) is 0 Å². The molecule has 1 saturated heterocycles. The van der Waals surface area contributed by atoms with Crippen LogP contribution in [-0.2, 0) is 9.59 Å². The molecular weight excluding hydrogens is 274 g/mol. The maximum Gasteiger partial charge on any atom is 0.326 e. The van der Waals surface area contributed by atoms with Gasteiger partial charge in [0.15, 0.2) is 0 Å². The first-order chi connectivity index (χ1) is 9.39. The van der Waals surface area contributed by atoms with Crippen molar-refractivity contribution in [2.24, 2.45) is 5.41 Å². The summed E-state index contributed by atoms with van der Waals surface area (Å²) in [5, 5.41) is 11.8. The summed E-state index contributed by atoms with van der Waals surface area (Å²) < 4.78 is 0. The van der Waals surface area contributed by atoms with Crippen LogP contribution in [0.4, 0.5) is 4.79 Å². The molecule has 0 spiro atoms. The zero-order valence-corrected chi connectivity index (χ0v) is 13.6. The lowest BCUT2D eigenvalue weighted by Crippen LogP contribution is -2.67. The molecule has 0 aromatic carbocycles. The summed E-state index contributed by atoms with van der Waals surface area (Å²) in [6.45, 7) is 9.36. The Hall–Kier alpha value is -1.79. The number of piperazine rings is 1. The van der Waals surface area contributed by atoms with E-state index in [1.165, 1.54) is 4.90 Å². The van der Waals surface area contributed by atoms with Crippen LogP contribution in [0.1, 0.15) is 34.6 Å². The molecule has 0 bridgehead atoms. The number of carboxylic acids is 1. The average molecular weight is 299 g/mol. The summed E-state index contributed by atoms with van der Waals surface area (Å²) in [5.41, 5.74) is -1.61. The number of nitrogens with zero attached hydrogens (tertiary/aromatic N) is 2. The number of rotatable bonds is 2. The maximum absolute atomic E-state index is 12.4. The molecule has 1 fully saturated rings. The van der Waals surface area contributed by atoms with Crippen molar-refractivity contribution in [1.29, 1.82) is 0 Å². The number of hydrogen-bond donors (Lipinski definition) is 2. The first kappa shape index (κ1) is 17.3. The van der Waals surface area contributed by atoms with E-state index in [0.29, 0.717) is 13.1 Å². The summed E-state index contributed by atoms with van der Waals surface area (Å²) in [6, 6.07) is -1.54. The SMILES string of the molecule is CN1CCN(C(=O)NC(C(=O)O)C(C)(C)C)C(C)(C)C1=O. The molecule has 0 aliphatic carbocycles. The highest BCUT2D eigenvalue weighted by atomic mass is 16.4. The molecule has 0 saturated carbocycles. The van der Waals surface area contributed by atoms with Gasteiger partial charge in [-0.25, -0.2) is 9.59 Å². The number of carbonyl (C=O) groups is 3. The number of hydrogen-bond acceptors (Lipinski definition) is 3. The first-order valence-electron chi connectivity index (χ1n) is 6.95. The van der Waals surface area contributed by atoms with Gasteiger partial charge in [0, 0.05) is 20.1 Å². The number of nitrogens with one attached hydrogen (secondary N) is 1. The Labute approximate surface area is 125 Å². The van der Waals surface area contributed by atoms with E-state index in [1.54, 1.807) is 46.6 Å². The van der Waals surface area contributed by atoms with E-state index in [1.807, 2.05) is 0 Å². The fraction of sp³-hybridized carbons (Fsp3) is 0.786. The molecule has 1 rings (SSSR count). The van der Waals surface area contributed by atoms with Gasteiger partial charge in [0.1, 0.15) is 11.6 Å². The zero-order valence-electron chi connectivity index (χ0n) is 13.6. The van der Waals surface area contributed by atoms with Crippen LogP contribution < -0.4 is 5.32 Å². The molecule has 1 atom stereocenters. The van der Waals surface area contributed by atoms with E-state index in [4.69, 9.17) is 0 Å². The molecule has 0 radical (unpaired) electrons. The van der Waals surface area contributed by atoms with E-state index in [2.05, 4.69) is 5.32 Å². The monoisotopic (exact) mass is 299 g/mol. The molecular formula is C14H25N3O4. The third-order valence-corrected chi connectivity index (χ3v) is 3.83. The lowest BCUT2D eigenvalue weighted by Gasteiger charge is -2.45. The molecule has 7 heteroatoms. The topological polar surface area (TPSA) is 89.9 Å². The highest BCUT2D eigenvalue weighted by molar-refractivity contribution is 5.92. The molecule has 1 aliphatic rings. The van der Waals surface area contributed by atoms with Gasteiger partial charge < -0.3 is 20.2 Å². The lowest BCUT2D eigenvalue weighted by atomic mass is 9.87. The van der Waals surface area contributed by atoms with Gasteiger partial charge in [0.2, 0.25) is 5.91 Å². The molecule has 1 unspecified atom stereocenters. The van der Waals surface area contributed by atoms with Gasteiger partial charge in [-0.1, -0.05) is 20.8 Å². The van der Waals surface area contributed by atoms with E-state index in [0.717, 1.165) is 0 Å². The molecule has 7 nitrogen and oxygen atoms in total. The van der Waals surface area contributed by atoms with Crippen molar-refractivity contribution in [1.82, 2.24) is 15.1 Å². The smallest absolute Gasteiger partial charge is 0.326 e. The molecule has 0 aromatic heterocycles. The van der Waals surface area contributed by atoms with Crippen LogP contribution in [0.25, 0.3) is 0 Å². The van der Waals surface area contributed by atoms with Gasteiger partial charge in [0.05, 0.1) is 0 Å². The third-order valence-electron chi connectivity index (χ3n) is 3.83. The van der Waals surface area contributed by atoms with Gasteiger partial charge in [-0.2, -0.15) is 0 Å². The standard InChI is InChI=1S/C14H25N3O4/c1-13(2,3)9(10(18)19)15-12(21)17-8-7-16(6)11(20)14(17,4)5/h9H,7-8H2,1-6H3,(H,15,21)(H,18,19). The van der Waals surface area contributed by atoms with Gasteiger partial charge >= 0.3 is 12.0 Å². The van der Waals surface area contributed by atoms with Crippen molar-refractivity contribution in [3.05, 3.63) is 0 Å². The van der Waals surface area contributed by atoms with E-state index >= 15 is 0 Å². The fourth-order valence-electron chi connectivity index (χ4n) is 2.42. The summed E-state index contributed by atoms with van der Waals surface area (Å²) in [7, 11) is 1.69. The van der Waals surface area contributed by atoms with Gasteiger partial charge in [-0.3, -0.25) is 4.79 Å². The van der Waals surface area contributed by atoms with Crippen LogP contribution in [0, 0.1) is 5.41 Å². The molecule has 120 valence electrons. The number of likely N-dealkylation sites (N-methyl/N-ethyl adjacent to an activating group) is 1. The van der Waals surface area contributed by atoms with Crippen LogP contribution in [0.15, 0.2) is 0 Å². The predicted molar refractivity (Wildman–Crippen MR) is 77.8 cm³/mol. The van der Waals surface area contributed by atoms with Crippen LogP contribution in [-0.4, -0.2) is 64.5 Å². The van der Waals surface area contributed by atoms with Crippen molar-refractivity contribution in [3.8, 4) is 0 Å². The normalized spacial score (nSPS) is 20.2. The highest BCUT2D eigenvalue weighted by Gasteiger charge is 2.44. The van der Waals surface area contributed by atoms with Crippen molar-refractivity contribution in [3.63, 3.8) is 0 Å². The Morgan fingerprint density at radius 1 is 1.29 bits per heavy atom. The van der Waals surface area contributed by atoms with Gasteiger partial charge in [0.25, 0.3) is 0 Å². The second kappa shape index (κ2) is 5.54. The number of carbonyl (C=O) groups excluding carboxylic acids is 2. The fourth-order valence-corrected chi connectivity index (χ4v) is 2.42. The van der Waals surface area contributed by atoms with Gasteiger partial charge in [-0.05, 0) is 19.3 Å². The minimum atomic E-state index is -1.09. The van der Waals surface area contributed by atoms with Crippen LogP contribution in [0.2, 0.25) is 0 Å². The number of aliphatic carboxylic acids is 1. The first-order valence-corrected chi connectivity index (χ1v) is 6.95. The molecule has 1 heterocycles. The Kier molecular flexibility index (Phi) is 4.55. The minimum Gasteiger partial charge on any atom is -0.480 e. The number of carboxylic acid groups (broad SMARTS) is 1. The van der Waals surface area contributed by atoms with Crippen molar-refractivity contribution >= 4 is 17.9 Å². The average Bonchev–Trinajstić information content (AvgIpc) is 2.31. The third kappa shape index (κ3) is 3.46.